The third-order valence-electron chi connectivity index (χ3n) is 4.91. The summed E-state index contributed by atoms with van der Waals surface area (Å²) in [6.45, 7) is 18.4. The predicted octanol–water partition coefficient (Wildman–Crippen LogP) is 1.53. The van der Waals surface area contributed by atoms with Crippen molar-refractivity contribution in [3.8, 4) is 0 Å². The predicted molar refractivity (Wildman–Crippen MR) is 93.5 cm³/mol. The van der Waals surface area contributed by atoms with Gasteiger partial charge in [-0.2, -0.15) is 0 Å². The highest BCUT2D eigenvalue weighted by molar-refractivity contribution is 7.85. The molecule has 23 heavy (non-hydrogen) atoms. The van der Waals surface area contributed by atoms with Crippen molar-refractivity contribution in [2.24, 2.45) is 0 Å². The van der Waals surface area contributed by atoms with Gasteiger partial charge in [-0.15, -0.1) is 0 Å². The number of hydrogen-bond donors (Lipinski definition) is 0. The molecule has 0 aromatic rings. The SMILES string of the molecule is CC[N+](CC)(CC)CC.O=S(=O)([O-])CCCCN1CCOCC1. The molecule has 0 aliphatic carbocycles. The Morgan fingerprint density at radius 1 is 0.957 bits per heavy atom. The van der Waals surface area contributed by atoms with Crippen molar-refractivity contribution < 1.29 is 22.2 Å². The Labute approximate surface area is 143 Å². The first kappa shape index (κ1) is 22.8. The van der Waals surface area contributed by atoms with Crippen molar-refractivity contribution >= 4 is 10.1 Å². The lowest BCUT2D eigenvalue weighted by molar-refractivity contribution is -0.921. The molecule has 7 heteroatoms. The fourth-order valence-corrected chi connectivity index (χ4v) is 3.34. The molecule has 0 spiro atoms. The van der Waals surface area contributed by atoms with Crippen LogP contribution in [0, 0.1) is 0 Å². The summed E-state index contributed by atoms with van der Waals surface area (Å²) >= 11 is 0. The molecule has 0 aromatic heterocycles. The van der Waals surface area contributed by atoms with Crippen molar-refractivity contribution in [1.82, 2.24) is 4.90 Å². The molecule has 140 valence electrons. The fourth-order valence-electron chi connectivity index (χ4n) is 2.78. The van der Waals surface area contributed by atoms with Gasteiger partial charge in [0.15, 0.2) is 0 Å². The maximum Gasteiger partial charge on any atom is 0.0945 e. The largest absolute Gasteiger partial charge is 0.748 e. The molecule has 0 aromatic carbocycles. The lowest BCUT2D eigenvalue weighted by Gasteiger charge is -2.34. The molecule has 6 nitrogen and oxygen atoms in total. The molecule has 0 bridgehead atoms. The van der Waals surface area contributed by atoms with Gasteiger partial charge in [-0.1, -0.05) is 0 Å². The molecule has 0 saturated carbocycles. The molecule has 1 heterocycles. The Morgan fingerprint density at radius 3 is 1.78 bits per heavy atom. The Balaban J connectivity index is 0.000000468. The third kappa shape index (κ3) is 11.1. The fraction of sp³-hybridized carbons (Fsp3) is 1.00. The molecule has 1 aliphatic rings. The highest BCUT2D eigenvalue weighted by atomic mass is 32.2. The van der Waals surface area contributed by atoms with E-state index in [-0.39, 0.29) is 5.75 Å². The van der Waals surface area contributed by atoms with Crippen LogP contribution in [0.3, 0.4) is 0 Å². The smallest absolute Gasteiger partial charge is 0.0945 e. The van der Waals surface area contributed by atoms with Crippen molar-refractivity contribution in [3.05, 3.63) is 0 Å². The molecular weight excluding hydrogens is 316 g/mol. The van der Waals surface area contributed by atoms with Crippen LogP contribution < -0.4 is 0 Å². The van der Waals surface area contributed by atoms with E-state index in [4.69, 9.17) is 4.74 Å². The molecule has 0 unspecified atom stereocenters. The lowest BCUT2D eigenvalue weighted by atomic mass is 10.3. The molecule has 1 aliphatic heterocycles. The first-order valence-electron chi connectivity index (χ1n) is 8.91. The molecule has 0 N–H and O–H groups in total. The second-order valence-corrected chi connectivity index (χ2v) is 7.55. The van der Waals surface area contributed by atoms with Crippen LogP contribution >= 0.6 is 0 Å². The molecule has 1 fully saturated rings. The maximum absolute atomic E-state index is 10.3. The van der Waals surface area contributed by atoms with Gasteiger partial charge in [0.2, 0.25) is 0 Å². The first-order valence-corrected chi connectivity index (χ1v) is 10.5. The Hall–Kier alpha value is -0.210. The Kier molecular flexibility index (Phi) is 12.1. The summed E-state index contributed by atoms with van der Waals surface area (Å²) in [6, 6.07) is 0. The van der Waals surface area contributed by atoms with Gasteiger partial charge < -0.3 is 13.8 Å². The zero-order chi connectivity index (χ0) is 17.8. The summed E-state index contributed by atoms with van der Waals surface area (Å²) in [5, 5.41) is 0. The number of ether oxygens (including phenoxy) is 1. The number of unbranched alkanes of at least 4 members (excludes halogenated alkanes) is 1. The number of quaternary nitrogens is 1. The van der Waals surface area contributed by atoms with Crippen LogP contribution in [0.25, 0.3) is 0 Å². The van der Waals surface area contributed by atoms with Crippen molar-refractivity contribution in [2.45, 2.75) is 40.5 Å². The standard InChI is InChI=1S/C8H17NO4S.C8H20N/c10-14(11,12)8-2-1-3-9-4-6-13-7-5-9;1-5-9(6-2,7-3)8-4/h1-8H2,(H,10,11,12);5-8H2,1-4H3/q;+1/p-1. The summed E-state index contributed by atoms with van der Waals surface area (Å²) < 4.78 is 37.3. The van der Waals surface area contributed by atoms with Crippen molar-refractivity contribution in [1.29, 1.82) is 0 Å². The van der Waals surface area contributed by atoms with Crippen LogP contribution in [0.4, 0.5) is 0 Å². The number of morpholine rings is 1. The van der Waals surface area contributed by atoms with E-state index in [1.807, 2.05) is 0 Å². The minimum absolute atomic E-state index is 0.239. The second kappa shape index (κ2) is 12.2. The van der Waals surface area contributed by atoms with Gasteiger partial charge in [0.1, 0.15) is 0 Å². The van der Waals surface area contributed by atoms with E-state index in [9.17, 15) is 13.0 Å². The molecule has 1 rings (SSSR count). The van der Waals surface area contributed by atoms with E-state index in [1.165, 1.54) is 30.7 Å². The average Bonchev–Trinajstić information content (AvgIpc) is 2.55. The summed E-state index contributed by atoms with van der Waals surface area (Å²) in [5.41, 5.74) is 0. The van der Waals surface area contributed by atoms with Crippen LogP contribution in [0.1, 0.15) is 40.5 Å². The number of nitrogens with zero attached hydrogens (tertiary/aromatic N) is 2. The quantitative estimate of drug-likeness (QED) is 0.357. The monoisotopic (exact) mass is 352 g/mol. The van der Waals surface area contributed by atoms with Crippen molar-refractivity contribution in [2.75, 3.05) is 64.8 Å². The van der Waals surface area contributed by atoms with Crippen LogP contribution in [0.15, 0.2) is 0 Å². The minimum atomic E-state index is -4.02. The van der Waals surface area contributed by atoms with Crippen LogP contribution in [-0.4, -0.2) is 87.1 Å². The normalized spacial score (nSPS) is 16.7. The van der Waals surface area contributed by atoms with E-state index >= 15 is 0 Å². The van der Waals surface area contributed by atoms with E-state index < -0.39 is 10.1 Å². The molecule has 0 amide bonds. The van der Waals surface area contributed by atoms with Gasteiger partial charge in [-0.3, -0.25) is 4.90 Å². The zero-order valence-electron chi connectivity index (χ0n) is 15.4. The summed E-state index contributed by atoms with van der Waals surface area (Å²) in [5.74, 6) is -0.239. The molecule has 0 atom stereocenters. The number of hydrogen-bond acceptors (Lipinski definition) is 5. The number of rotatable bonds is 9. The maximum atomic E-state index is 10.3. The lowest BCUT2D eigenvalue weighted by Crippen LogP contribution is -2.47. The second-order valence-electron chi connectivity index (χ2n) is 6.03. The van der Waals surface area contributed by atoms with E-state index in [0.29, 0.717) is 6.42 Å². The van der Waals surface area contributed by atoms with Crippen LogP contribution in [0.5, 0.6) is 0 Å². The Bertz CT molecular complexity index is 360. The van der Waals surface area contributed by atoms with E-state index in [1.54, 1.807) is 0 Å². The van der Waals surface area contributed by atoms with Gasteiger partial charge in [0.25, 0.3) is 0 Å². The van der Waals surface area contributed by atoms with Gasteiger partial charge in [0, 0.05) is 18.8 Å². The van der Waals surface area contributed by atoms with E-state index in [2.05, 4.69) is 32.6 Å². The van der Waals surface area contributed by atoms with Crippen LogP contribution in [0.2, 0.25) is 0 Å². The van der Waals surface area contributed by atoms with Gasteiger partial charge in [-0.25, -0.2) is 8.42 Å². The molecular formula is C16H36N2O4S. The van der Waals surface area contributed by atoms with E-state index in [0.717, 1.165) is 39.3 Å². The summed E-state index contributed by atoms with van der Waals surface area (Å²) in [6.07, 6.45) is 1.23. The molecule has 0 radical (unpaired) electrons. The summed E-state index contributed by atoms with van der Waals surface area (Å²) in [7, 11) is -4.02. The summed E-state index contributed by atoms with van der Waals surface area (Å²) in [4.78, 5) is 2.22. The Morgan fingerprint density at radius 2 is 1.43 bits per heavy atom. The molecule has 1 saturated heterocycles. The highest BCUT2D eigenvalue weighted by Gasteiger charge is 2.16. The third-order valence-corrected chi connectivity index (χ3v) is 5.69. The van der Waals surface area contributed by atoms with Crippen molar-refractivity contribution in [3.63, 3.8) is 0 Å². The van der Waals surface area contributed by atoms with Gasteiger partial charge in [0.05, 0.1) is 49.5 Å². The van der Waals surface area contributed by atoms with Gasteiger partial charge >= 0.3 is 0 Å². The van der Waals surface area contributed by atoms with Gasteiger partial charge in [-0.05, 0) is 47.1 Å². The topological polar surface area (TPSA) is 69.7 Å². The average molecular weight is 353 g/mol. The zero-order valence-corrected chi connectivity index (χ0v) is 16.2. The first-order chi connectivity index (χ1) is 10.8. The van der Waals surface area contributed by atoms with Crippen LogP contribution in [-0.2, 0) is 14.9 Å². The highest BCUT2D eigenvalue weighted by Crippen LogP contribution is 2.03. The minimum Gasteiger partial charge on any atom is -0.748 e.